The number of carbonyl (C=O) groups is 2. The van der Waals surface area contributed by atoms with Crippen molar-refractivity contribution < 1.29 is 14.3 Å². The zero-order valence-electron chi connectivity index (χ0n) is 14.5. The van der Waals surface area contributed by atoms with Gasteiger partial charge >= 0.3 is 5.97 Å². The molecule has 2 aromatic rings. The van der Waals surface area contributed by atoms with E-state index in [-0.39, 0.29) is 12.0 Å². The molecule has 0 atom stereocenters. The quantitative estimate of drug-likeness (QED) is 0.780. The molecule has 7 nitrogen and oxygen atoms in total. The van der Waals surface area contributed by atoms with Gasteiger partial charge in [-0.05, 0) is 39.7 Å². The minimum atomic E-state index is -0.434. The highest BCUT2D eigenvalue weighted by molar-refractivity contribution is 7.15. The SMILES string of the molecule is CCCc1nnc(NC(=O)c2[nH]c(C)c(C(=O)OC(C)C)c2C)s1. The average Bonchev–Trinajstić information content (AvgIpc) is 3.03. The van der Waals surface area contributed by atoms with Crippen molar-refractivity contribution in [2.24, 2.45) is 0 Å². The summed E-state index contributed by atoms with van der Waals surface area (Å²) in [5.74, 6) is -0.783. The van der Waals surface area contributed by atoms with Gasteiger partial charge in [-0.3, -0.25) is 10.1 Å². The smallest absolute Gasteiger partial charge is 0.340 e. The molecule has 0 aromatic carbocycles. The number of aromatic amines is 1. The van der Waals surface area contributed by atoms with Crippen molar-refractivity contribution in [2.45, 2.75) is 53.6 Å². The van der Waals surface area contributed by atoms with E-state index in [2.05, 4.69) is 27.4 Å². The summed E-state index contributed by atoms with van der Waals surface area (Å²) in [5, 5.41) is 12.0. The second kappa shape index (κ2) is 7.57. The van der Waals surface area contributed by atoms with Crippen LogP contribution in [0.25, 0.3) is 0 Å². The maximum atomic E-state index is 12.5. The number of ether oxygens (including phenoxy) is 1. The fourth-order valence-electron chi connectivity index (χ4n) is 2.33. The van der Waals surface area contributed by atoms with Crippen LogP contribution in [0.5, 0.6) is 0 Å². The first kappa shape index (κ1) is 18.1. The topological polar surface area (TPSA) is 97.0 Å². The van der Waals surface area contributed by atoms with E-state index in [0.717, 1.165) is 17.8 Å². The van der Waals surface area contributed by atoms with Gasteiger partial charge in [0.15, 0.2) is 0 Å². The number of esters is 1. The Hall–Kier alpha value is -2.22. The van der Waals surface area contributed by atoms with Crippen molar-refractivity contribution in [3.63, 3.8) is 0 Å². The highest BCUT2D eigenvalue weighted by atomic mass is 32.1. The van der Waals surface area contributed by atoms with Crippen molar-refractivity contribution in [2.75, 3.05) is 5.32 Å². The Kier molecular flexibility index (Phi) is 5.71. The Labute approximate surface area is 144 Å². The van der Waals surface area contributed by atoms with E-state index in [1.165, 1.54) is 11.3 Å². The monoisotopic (exact) mass is 350 g/mol. The number of aromatic nitrogens is 3. The van der Waals surface area contributed by atoms with Crippen LogP contribution < -0.4 is 5.32 Å². The Bertz CT molecular complexity index is 749. The lowest BCUT2D eigenvalue weighted by Gasteiger charge is -2.08. The van der Waals surface area contributed by atoms with Gasteiger partial charge in [0, 0.05) is 12.1 Å². The van der Waals surface area contributed by atoms with E-state index in [4.69, 9.17) is 4.74 Å². The number of hydrogen-bond donors (Lipinski definition) is 2. The number of nitrogens with zero attached hydrogens (tertiary/aromatic N) is 2. The highest BCUT2D eigenvalue weighted by Gasteiger charge is 2.24. The van der Waals surface area contributed by atoms with Gasteiger partial charge < -0.3 is 9.72 Å². The van der Waals surface area contributed by atoms with Gasteiger partial charge in [0.1, 0.15) is 10.7 Å². The predicted molar refractivity (Wildman–Crippen MR) is 92.7 cm³/mol. The molecule has 24 heavy (non-hydrogen) atoms. The molecule has 2 rings (SSSR count). The number of amides is 1. The zero-order valence-corrected chi connectivity index (χ0v) is 15.3. The van der Waals surface area contributed by atoms with Gasteiger partial charge in [-0.2, -0.15) is 0 Å². The fraction of sp³-hybridized carbons (Fsp3) is 0.500. The molecule has 0 aliphatic heterocycles. The summed E-state index contributed by atoms with van der Waals surface area (Å²) in [6.45, 7) is 9.09. The molecule has 0 radical (unpaired) electrons. The molecule has 0 bridgehead atoms. The number of aryl methyl sites for hydroxylation is 2. The molecule has 0 spiro atoms. The molecule has 8 heteroatoms. The van der Waals surface area contributed by atoms with Crippen LogP contribution in [0, 0.1) is 13.8 Å². The molecular weight excluding hydrogens is 328 g/mol. The third kappa shape index (κ3) is 4.00. The van der Waals surface area contributed by atoms with Crippen LogP contribution in [0.3, 0.4) is 0 Å². The van der Waals surface area contributed by atoms with Crippen molar-refractivity contribution in [3.8, 4) is 0 Å². The molecule has 0 aliphatic carbocycles. The van der Waals surface area contributed by atoms with Crippen molar-refractivity contribution in [1.29, 1.82) is 0 Å². The minimum Gasteiger partial charge on any atom is -0.459 e. The van der Waals surface area contributed by atoms with Crippen LogP contribution in [0.15, 0.2) is 0 Å². The summed E-state index contributed by atoms with van der Waals surface area (Å²) in [4.78, 5) is 27.6. The number of anilines is 1. The maximum absolute atomic E-state index is 12.5. The Morgan fingerprint density at radius 1 is 1.29 bits per heavy atom. The van der Waals surface area contributed by atoms with Crippen LogP contribution >= 0.6 is 11.3 Å². The third-order valence-corrected chi connectivity index (χ3v) is 4.26. The van der Waals surface area contributed by atoms with E-state index >= 15 is 0 Å². The molecule has 2 heterocycles. The maximum Gasteiger partial charge on any atom is 0.340 e. The Balaban J connectivity index is 2.19. The Morgan fingerprint density at radius 3 is 2.62 bits per heavy atom. The molecule has 2 aromatic heterocycles. The number of hydrogen-bond acceptors (Lipinski definition) is 6. The molecule has 1 amide bonds. The van der Waals surface area contributed by atoms with Gasteiger partial charge in [0.25, 0.3) is 5.91 Å². The normalized spacial score (nSPS) is 10.9. The van der Waals surface area contributed by atoms with E-state index in [1.807, 2.05) is 0 Å². The van der Waals surface area contributed by atoms with E-state index in [0.29, 0.717) is 27.6 Å². The van der Waals surface area contributed by atoms with Crippen molar-refractivity contribution >= 4 is 28.3 Å². The largest absolute Gasteiger partial charge is 0.459 e. The molecule has 0 unspecified atom stereocenters. The first-order valence-corrected chi connectivity index (χ1v) is 8.69. The summed E-state index contributed by atoms with van der Waals surface area (Å²) >= 11 is 1.35. The standard InChI is InChI=1S/C16H22N4O3S/c1-6-7-11-19-20-16(24-11)18-14(21)13-9(4)12(10(5)17-13)15(22)23-8(2)3/h8,17H,6-7H2,1-5H3,(H,18,20,21). The predicted octanol–water partition coefficient (Wildman–Crippen LogP) is 3.25. The number of carbonyl (C=O) groups excluding carboxylic acids is 2. The summed E-state index contributed by atoms with van der Waals surface area (Å²) < 4.78 is 5.23. The highest BCUT2D eigenvalue weighted by Crippen LogP contribution is 2.22. The zero-order chi connectivity index (χ0) is 17.9. The Morgan fingerprint density at radius 2 is 2.00 bits per heavy atom. The second-order valence-electron chi connectivity index (χ2n) is 5.78. The number of rotatable bonds is 6. The van der Waals surface area contributed by atoms with Gasteiger partial charge in [0.2, 0.25) is 5.13 Å². The average molecular weight is 350 g/mol. The third-order valence-electron chi connectivity index (χ3n) is 3.36. The van der Waals surface area contributed by atoms with Crippen LogP contribution in [0.2, 0.25) is 0 Å². The molecule has 130 valence electrons. The van der Waals surface area contributed by atoms with Crippen LogP contribution in [0.4, 0.5) is 5.13 Å². The lowest BCUT2D eigenvalue weighted by molar-refractivity contribution is 0.0376. The summed E-state index contributed by atoms with van der Waals surface area (Å²) in [6.07, 6.45) is 1.58. The van der Waals surface area contributed by atoms with E-state index < -0.39 is 5.97 Å². The summed E-state index contributed by atoms with van der Waals surface area (Å²) in [6, 6.07) is 0. The van der Waals surface area contributed by atoms with Gasteiger partial charge in [-0.25, -0.2) is 4.79 Å². The summed E-state index contributed by atoms with van der Waals surface area (Å²) in [7, 11) is 0. The summed E-state index contributed by atoms with van der Waals surface area (Å²) in [5.41, 5.74) is 1.90. The molecule has 0 saturated carbocycles. The van der Waals surface area contributed by atoms with Crippen molar-refractivity contribution in [3.05, 3.63) is 27.5 Å². The van der Waals surface area contributed by atoms with Crippen molar-refractivity contribution in [1.82, 2.24) is 15.2 Å². The van der Waals surface area contributed by atoms with E-state index in [9.17, 15) is 9.59 Å². The molecule has 0 saturated heterocycles. The number of nitrogens with one attached hydrogen (secondary N) is 2. The lowest BCUT2D eigenvalue weighted by atomic mass is 10.1. The van der Waals surface area contributed by atoms with Crippen LogP contribution in [0.1, 0.15) is 64.3 Å². The van der Waals surface area contributed by atoms with Gasteiger partial charge in [-0.1, -0.05) is 18.3 Å². The minimum absolute atomic E-state index is 0.221. The molecule has 0 fully saturated rings. The molecular formula is C16H22N4O3S. The first-order valence-electron chi connectivity index (χ1n) is 7.87. The van der Waals surface area contributed by atoms with Gasteiger partial charge in [-0.15, -0.1) is 10.2 Å². The second-order valence-corrected chi connectivity index (χ2v) is 6.85. The van der Waals surface area contributed by atoms with E-state index in [1.54, 1.807) is 27.7 Å². The van der Waals surface area contributed by atoms with Gasteiger partial charge in [0.05, 0.1) is 11.7 Å². The van der Waals surface area contributed by atoms with Crippen LogP contribution in [-0.4, -0.2) is 33.2 Å². The number of H-pyrrole nitrogens is 1. The molecule has 0 aliphatic rings. The van der Waals surface area contributed by atoms with Crippen LogP contribution in [-0.2, 0) is 11.2 Å². The molecule has 2 N–H and O–H groups in total. The fourth-order valence-corrected chi connectivity index (χ4v) is 3.17. The lowest BCUT2D eigenvalue weighted by Crippen LogP contribution is -2.15. The first-order chi connectivity index (χ1) is 11.3.